The molecule has 1 saturated heterocycles. The van der Waals surface area contributed by atoms with Crippen LogP contribution in [0.15, 0.2) is 53.3 Å². The molecule has 0 unspecified atom stereocenters. The van der Waals surface area contributed by atoms with Gasteiger partial charge >= 0.3 is 4.87 Å². The molecule has 4 rings (SSSR count). The first-order valence-corrected chi connectivity index (χ1v) is 10.6. The highest BCUT2D eigenvalue weighted by Gasteiger charge is 2.28. The minimum atomic E-state index is -0.285. The van der Waals surface area contributed by atoms with Crippen molar-refractivity contribution in [2.75, 3.05) is 26.7 Å². The molecule has 3 aromatic rings. The summed E-state index contributed by atoms with van der Waals surface area (Å²) < 4.78 is 0.898. The topological polar surface area (TPSA) is 76.6 Å². The van der Waals surface area contributed by atoms with E-state index in [0.29, 0.717) is 13.1 Å². The van der Waals surface area contributed by atoms with Crippen molar-refractivity contribution in [2.24, 2.45) is 0 Å². The number of amides is 1. The molecule has 152 valence electrons. The molecule has 2 heterocycles. The number of fused-ring (bicyclic) bond motifs is 1. The van der Waals surface area contributed by atoms with Crippen LogP contribution in [0.1, 0.15) is 23.6 Å². The highest BCUT2D eigenvalue weighted by molar-refractivity contribution is 7.16. The number of aromatic nitrogens is 1. The second kappa shape index (κ2) is 8.49. The Kier molecular flexibility index (Phi) is 5.80. The largest absolute Gasteiger partial charge is 0.392 e. The summed E-state index contributed by atoms with van der Waals surface area (Å²) in [5.74, 6) is 0.0236. The number of aliphatic hydroxyl groups is 1. The van der Waals surface area contributed by atoms with E-state index >= 15 is 0 Å². The van der Waals surface area contributed by atoms with E-state index in [2.05, 4.69) is 9.88 Å². The zero-order valence-corrected chi connectivity index (χ0v) is 17.2. The van der Waals surface area contributed by atoms with Crippen molar-refractivity contribution in [3.63, 3.8) is 0 Å². The van der Waals surface area contributed by atoms with Gasteiger partial charge in [0.2, 0.25) is 5.91 Å². The van der Waals surface area contributed by atoms with Crippen molar-refractivity contribution in [3.05, 3.63) is 69.3 Å². The predicted octanol–water partition coefficient (Wildman–Crippen LogP) is 2.40. The predicted molar refractivity (Wildman–Crippen MR) is 115 cm³/mol. The van der Waals surface area contributed by atoms with E-state index < -0.39 is 0 Å². The van der Waals surface area contributed by atoms with Crippen LogP contribution >= 0.6 is 11.3 Å². The van der Waals surface area contributed by atoms with Crippen LogP contribution in [0.5, 0.6) is 0 Å². The van der Waals surface area contributed by atoms with Crippen LogP contribution in [-0.2, 0) is 11.2 Å². The molecule has 2 N–H and O–H groups in total. The van der Waals surface area contributed by atoms with Crippen molar-refractivity contribution in [1.29, 1.82) is 0 Å². The van der Waals surface area contributed by atoms with Crippen LogP contribution in [0.3, 0.4) is 0 Å². The Morgan fingerprint density at radius 2 is 2.10 bits per heavy atom. The van der Waals surface area contributed by atoms with Gasteiger partial charge in [0.05, 0.1) is 28.8 Å². The minimum absolute atomic E-state index is 0.0236. The molecule has 1 aliphatic heterocycles. The summed E-state index contributed by atoms with van der Waals surface area (Å²) in [6.07, 6.45) is 0.765. The Bertz CT molecular complexity index is 1050. The first-order valence-electron chi connectivity index (χ1n) is 9.82. The number of hydrogen-bond acceptors (Lipinski definition) is 5. The van der Waals surface area contributed by atoms with Gasteiger partial charge in [-0.3, -0.25) is 14.5 Å². The molecule has 2 atom stereocenters. The number of aromatic amines is 1. The van der Waals surface area contributed by atoms with E-state index in [0.717, 1.165) is 34.3 Å². The number of hydrogen-bond donors (Lipinski definition) is 2. The van der Waals surface area contributed by atoms with Gasteiger partial charge in [-0.05, 0) is 29.7 Å². The maximum absolute atomic E-state index is 13.1. The lowest BCUT2D eigenvalue weighted by molar-refractivity contribution is -0.131. The fourth-order valence-corrected chi connectivity index (χ4v) is 4.65. The molecule has 1 fully saturated rings. The fraction of sp³-hybridized carbons (Fsp3) is 0.364. The molecule has 1 aliphatic rings. The number of carbonyl (C=O) groups excluding carboxylic acids is 1. The molecular formula is C22H25N3O3S. The second-order valence-corrected chi connectivity index (χ2v) is 8.67. The van der Waals surface area contributed by atoms with Gasteiger partial charge in [0, 0.05) is 26.7 Å². The minimum Gasteiger partial charge on any atom is -0.392 e. The molecule has 0 saturated carbocycles. The average Bonchev–Trinajstić information content (AvgIpc) is 3.30. The smallest absolute Gasteiger partial charge is 0.305 e. The number of aliphatic hydroxyl groups excluding tert-OH is 1. The maximum atomic E-state index is 13.1. The van der Waals surface area contributed by atoms with Gasteiger partial charge in [-0.25, -0.2) is 0 Å². The lowest BCUT2D eigenvalue weighted by Gasteiger charge is -2.32. The number of β-amino-alcohol motifs (C(OH)–C–C–N with tert-alkyl or cyclic N) is 1. The number of likely N-dealkylation sites (N-methyl/N-ethyl adjacent to an activating group) is 1. The van der Waals surface area contributed by atoms with E-state index in [1.807, 2.05) is 55.6 Å². The molecule has 0 radical (unpaired) electrons. The number of carbonyl (C=O) groups is 1. The molecule has 6 nitrogen and oxygen atoms in total. The van der Waals surface area contributed by atoms with Crippen molar-refractivity contribution >= 4 is 27.5 Å². The van der Waals surface area contributed by atoms with Gasteiger partial charge < -0.3 is 15.0 Å². The Balaban J connectivity index is 1.52. The van der Waals surface area contributed by atoms with Crippen molar-refractivity contribution in [1.82, 2.24) is 14.8 Å². The molecule has 0 spiro atoms. The summed E-state index contributed by atoms with van der Waals surface area (Å²) in [4.78, 5) is 31.4. The Morgan fingerprint density at radius 3 is 2.83 bits per heavy atom. The van der Waals surface area contributed by atoms with E-state index in [-0.39, 0.29) is 29.3 Å². The van der Waals surface area contributed by atoms with Crippen LogP contribution < -0.4 is 4.87 Å². The number of nitrogens with zero attached hydrogens (tertiary/aromatic N) is 2. The van der Waals surface area contributed by atoms with Crippen molar-refractivity contribution in [3.8, 4) is 0 Å². The summed E-state index contributed by atoms with van der Waals surface area (Å²) in [7, 11) is 1.84. The fourth-order valence-electron chi connectivity index (χ4n) is 3.93. The van der Waals surface area contributed by atoms with Gasteiger partial charge in [0.15, 0.2) is 0 Å². The average molecular weight is 412 g/mol. The lowest BCUT2D eigenvalue weighted by Crippen LogP contribution is -2.39. The van der Waals surface area contributed by atoms with Gasteiger partial charge in [-0.2, -0.15) is 0 Å². The second-order valence-electron chi connectivity index (χ2n) is 7.66. The molecule has 2 aromatic carbocycles. The molecule has 7 heteroatoms. The van der Waals surface area contributed by atoms with Crippen LogP contribution in [0.2, 0.25) is 0 Å². The lowest BCUT2D eigenvalue weighted by atomic mass is 10.0. The first kappa shape index (κ1) is 19.8. The SMILES string of the molecule is CN(C(=O)Cc1ccc2sc(=O)[nH]c2c1)[C@H](CN1CC[C@@H](O)C1)c1ccccc1. The van der Waals surface area contributed by atoms with Crippen molar-refractivity contribution in [2.45, 2.75) is 25.0 Å². The third-order valence-corrected chi connectivity index (χ3v) is 6.43. The highest BCUT2D eigenvalue weighted by Crippen LogP contribution is 2.24. The molecule has 0 bridgehead atoms. The van der Waals surface area contributed by atoms with Gasteiger partial charge in [-0.1, -0.05) is 47.7 Å². The maximum Gasteiger partial charge on any atom is 0.305 e. The summed E-state index contributed by atoms with van der Waals surface area (Å²) in [6, 6.07) is 15.6. The molecule has 1 aromatic heterocycles. The number of thiazole rings is 1. The Morgan fingerprint density at radius 1 is 1.31 bits per heavy atom. The summed E-state index contributed by atoms with van der Waals surface area (Å²) >= 11 is 1.17. The first-order chi connectivity index (χ1) is 14.0. The standard InChI is InChI=1S/C22H25N3O3S/c1-24(21(27)12-15-7-8-20-18(11-15)23-22(28)29-20)19(16-5-3-2-4-6-16)14-25-10-9-17(26)13-25/h2-8,11,17,19,26H,9-10,12-14H2,1H3,(H,23,28)/t17-,19-/m1/s1. The zero-order chi connectivity index (χ0) is 20.4. The van der Waals surface area contributed by atoms with Crippen LogP contribution in [-0.4, -0.2) is 58.6 Å². The summed E-state index contributed by atoms with van der Waals surface area (Å²) in [5.41, 5.74) is 2.74. The number of rotatable bonds is 6. The number of benzene rings is 2. The molecule has 0 aliphatic carbocycles. The number of H-pyrrole nitrogens is 1. The molecule has 29 heavy (non-hydrogen) atoms. The monoisotopic (exact) mass is 411 g/mol. The highest BCUT2D eigenvalue weighted by atomic mass is 32.1. The van der Waals surface area contributed by atoms with Gasteiger partial charge in [0.1, 0.15) is 0 Å². The third kappa shape index (κ3) is 4.58. The van der Waals surface area contributed by atoms with E-state index in [1.54, 1.807) is 4.90 Å². The molecule has 1 amide bonds. The van der Waals surface area contributed by atoms with Crippen LogP contribution in [0.4, 0.5) is 0 Å². The van der Waals surface area contributed by atoms with Gasteiger partial charge in [-0.15, -0.1) is 0 Å². The molecular weight excluding hydrogens is 386 g/mol. The van der Waals surface area contributed by atoms with E-state index in [1.165, 1.54) is 11.3 Å². The van der Waals surface area contributed by atoms with Crippen molar-refractivity contribution < 1.29 is 9.90 Å². The van der Waals surface area contributed by atoms with E-state index in [9.17, 15) is 14.7 Å². The zero-order valence-electron chi connectivity index (χ0n) is 16.4. The third-order valence-electron chi connectivity index (χ3n) is 5.56. The van der Waals surface area contributed by atoms with Crippen LogP contribution in [0, 0.1) is 0 Å². The summed E-state index contributed by atoms with van der Waals surface area (Å²) in [5, 5.41) is 9.87. The number of nitrogens with one attached hydrogen (secondary N) is 1. The Hall–Kier alpha value is -2.48. The van der Waals surface area contributed by atoms with Gasteiger partial charge in [0.25, 0.3) is 0 Å². The van der Waals surface area contributed by atoms with E-state index in [4.69, 9.17) is 0 Å². The quantitative estimate of drug-likeness (QED) is 0.653. The normalized spacial score (nSPS) is 18.2. The number of likely N-dealkylation sites (tertiary alicyclic amines) is 1. The summed E-state index contributed by atoms with van der Waals surface area (Å²) in [6.45, 7) is 2.18. The Labute approximate surface area is 173 Å². The van der Waals surface area contributed by atoms with Crippen LogP contribution in [0.25, 0.3) is 10.2 Å².